The van der Waals surface area contributed by atoms with E-state index in [-0.39, 0.29) is 5.91 Å². The maximum Gasteiger partial charge on any atom is 0.248 e. The van der Waals surface area contributed by atoms with E-state index in [2.05, 4.69) is 22.2 Å². The normalized spacial score (nSPS) is 14.8. The molecule has 1 fully saturated rings. The summed E-state index contributed by atoms with van der Waals surface area (Å²) in [6.07, 6.45) is 3.18. The van der Waals surface area contributed by atoms with E-state index >= 15 is 0 Å². The summed E-state index contributed by atoms with van der Waals surface area (Å²) in [5.74, 6) is 1.11. The lowest BCUT2D eigenvalue weighted by Gasteiger charge is -2.35. The van der Waals surface area contributed by atoms with Gasteiger partial charge in [0.2, 0.25) is 5.91 Å². The minimum absolute atomic E-state index is 0.243. The van der Waals surface area contributed by atoms with Crippen LogP contribution in [0.2, 0.25) is 5.02 Å². The van der Waals surface area contributed by atoms with Crippen LogP contribution in [0, 0.1) is 0 Å². The van der Waals surface area contributed by atoms with Crippen molar-refractivity contribution in [2.24, 2.45) is 0 Å². The Kier molecular flexibility index (Phi) is 7.01. The van der Waals surface area contributed by atoms with E-state index in [0.29, 0.717) is 22.2 Å². The monoisotopic (exact) mass is 415 g/mol. The summed E-state index contributed by atoms with van der Waals surface area (Å²) in [6, 6.07) is 11.0. The molecule has 0 saturated carbocycles. The van der Waals surface area contributed by atoms with Crippen molar-refractivity contribution < 1.29 is 14.3 Å². The summed E-state index contributed by atoms with van der Waals surface area (Å²) in [6.45, 7) is 3.76. The predicted molar refractivity (Wildman–Crippen MR) is 118 cm³/mol. The number of ether oxygens (including phenoxy) is 2. The zero-order chi connectivity index (χ0) is 20.8. The third kappa shape index (κ3) is 5.43. The molecule has 0 spiro atoms. The van der Waals surface area contributed by atoms with Gasteiger partial charge in [0.25, 0.3) is 0 Å². The minimum atomic E-state index is -0.243. The first-order chi connectivity index (χ1) is 14.0. The fourth-order valence-corrected chi connectivity index (χ4v) is 3.41. The highest BCUT2D eigenvalue weighted by atomic mass is 35.5. The minimum Gasteiger partial charge on any atom is -0.497 e. The molecule has 2 aromatic rings. The van der Waals surface area contributed by atoms with Crippen LogP contribution >= 0.6 is 11.6 Å². The summed E-state index contributed by atoms with van der Waals surface area (Å²) < 4.78 is 10.6. The first-order valence-corrected chi connectivity index (χ1v) is 9.82. The Morgan fingerprint density at radius 1 is 1.07 bits per heavy atom. The molecule has 1 saturated heterocycles. The SMILES string of the molecule is COc1ccc(OC)c(/C=C/C(=O)Nc2cc(Cl)ccc2N2CCN(C)CC2)c1. The molecule has 154 valence electrons. The zero-order valence-corrected chi connectivity index (χ0v) is 17.7. The van der Waals surface area contributed by atoms with Gasteiger partial charge in [-0.3, -0.25) is 4.79 Å². The standard InChI is InChI=1S/C22H26ClN3O3/c1-25-10-12-26(13-11-25)20-7-5-17(23)15-19(20)24-22(27)9-4-16-14-18(28-2)6-8-21(16)29-3/h4-9,14-15H,10-13H2,1-3H3,(H,24,27)/b9-4+. The number of carbonyl (C=O) groups is 1. The number of anilines is 2. The van der Waals surface area contributed by atoms with Gasteiger partial charge in [-0.05, 0) is 49.5 Å². The van der Waals surface area contributed by atoms with Crippen LogP contribution < -0.4 is 19.7 Å². The molecule has 0 unspecified atom stereocenters. The van der Waals surface area contributed by atoms with E-state index in [4.69, 9.17) is 21.1 Å². The van der Waals surface area contributed by atoms with E-state index in [1.165, 1.54) is 6.08 Å². The van der Waals surface area contributed by atoms with Crippen LogP contribution in [-0.4, -0.2) is 58.3 Å². The highest BCUT2D eigenvalue weighted by Crippen LogP contribution is 2.30. The zero-order valence-electron chi connectivity index (χ0n) is 16.9. The number of benzene rings is 2. The third-order valence-electron chi connectivity index (χ3n) is 4.91. The van der Waals surface area contributed by atoms with Crippen molar-refractivity contribution in [1.29, 1.82) is 0 Å². The number of carbonyl (C=O) groups excluding carboxylic acids is 1. The Bertz CT molecular complexity index is 893. The van der Waals surface area contributed by atoms with Gasteiger partial charge in [0.05, 0.1) is 25.6 Å². The number of halogens is 1. The smallest absolute Gasteiger partial charge is 0.248 e. The highest BCUT2D eigenvalue weighted by molar-refractivity contribution is 6.31. The average Bonchev–Trinajstić information content (AvgIpc) is 2.73. The molecule has 0 atom stereocenters. The lowest BCUT2D eigenvalue weighted by atomic mass is 10.1. The number of nitrogens with one attached hydrogen (secondary N) is 1. The van der Waals surface area contributed by atoms with Crippen molar-refractivity contribution in [3.8, 4) is 11.5 Å². The van der Waals surface area contributed by atoms with Crippen molar-refractivity contribution in [2.75, 3.05) is 57.7 Å². The Morgan fingerprint density at radius 2 is 1.83 bits per heavy atom. The first kappa shape index (κ1) is 21.0. The Morgan fingerprint density at radius 3 is 2.52 bits per heavy atom. The lowest BCUT2D eigenvalue weighted by molar-refractivity contribution is -0.111. The molecule has 2 aromatic carbocycles. The average molecular weight is 416 g/mol. The maximum atomic E-state index is 12.6. The molecule has 0 aromatic heterocycles. The van der Waals surface area contributed by atoms with E-state index in [9.17, 15) is 4.79 Å². The topological polar surface area (TPSA) is 54.0 Å². The van der Waals surface area contributed by atoms with Crippen LogP contribution in [-0.2, 0) is 4.79 Å². The second-order valence-electron chi connectivity index (χ2n) is 6.88. The molecule has 1 aliphatic rings. The van der Waals surface area contributed by atoms with Crippen molar-refractivity contribution in [1.82, 2.24) is 4.90 Å². The van der Waals surface area contributed by atoms with Gasteiger partial charge in [-0.15, -0.1) is 0 Å². The van der Waals surface area contributed by atoms with Crippen molar-refractivity contribution in [2.45, 2.75) is 0 Å². The van der Waals surface area contributed by atoms with Gasteiger partial charge in [0.1, 0.15) is 11.5 Å². The summed E-state index contributed by atoms with van der Waals surface area (Å²) in [5, 5.41) is 3.54. The van der Waals surface area contributed by atoms with Gasteiger partial charge in [0.15, 0.2) is 0 Å². The number of likely N-dealkylation sites (N-methyl/N-ethyl adjacent to an activating group) is 1. The fraction of sp³-hybridized carbons (Fsp3) is 0.318. The molecule has 1 amide bonds. The van der Waals surface area contributed by atoms with Gasteiger partial charge < -0.3 is 24.6 Å². The predicted octanol–water partition coefficient (Wildman–Crippen LogP) is 3.76. The van der Waals surface area contributed by atoms with Crippen LogP contribution in [0.3, 0.4) is 0 Å². The van der Waals surface area contributed by atoms with E-state index < -0.39 is 0 Å². The van der Waals surface area contributed by atoms with Gasteiger partial charge >= 0.3 is 0 Å². The molecule has 29 heavy (non-hydrogen) atoms. The molecule has 7 heteroatoms. The van der Waals surface area contributed by atoms with Gasteiger partial charge in [0, 0.05) is 42.8 Å². The largest absolute Gasteiger partial charge is 0.497 e. The number of amides is 1. The van der Waals surface area contributed by atoms with E-state index in [1.54, 1.807) is 32.4 Å². The molecule has 0 bridgehead atoms. The van der Waals surface area contributed by atoms with Crippen LogP contribution in [0.4, 0.5) is 11.4 Å². The lowest BCUT2D eigenvalue weighted by Crippen LogP contribution is -2.44. The number of nitrogens with zero attached hydrogens (tertiary/aromatic N) is 2. The van der Waals surface area contributed by atoms with Gasteiger partial charge in [-0.25, -0.2) is 0 Å². The number of piperazine rings is 1. The molecular weight excluding hydrogens is 390 g/mol. The summed E-state index contributed by atoms with van der Waals surface area (Å²) in [7, 11) is 5.30. The Balaban J connectivity index is 1.77. The molecular formula is C22H26ClN3O3. The highest BCUT2D eigenvalue weighted by Gasteiger charge is 2.18. The Hall–Kier alpha value is -2.70. The van der Waals surface area contributed by atoms with Crippen LogP contribution in [0.5, 0.6) is 11.5 Å². The van der Waals surface area contributed by atoms with Crippen molar-refractivity contribution in [3.05, 3.63) is 53.1 Å². The molecule has 0 aliphatic carbocycles. The second-order valence-corrected chi connectivity index (χ2v) is 7.32. The molecule has 0 radical (unpaired) electrons. The molecule has 1 aliphatic heterocycles. The number of methoxy groups -OCH3 is 2. The van der Waals surface area contributed by atoms with Crippen LogP contribution in [0.25, 0.3) is 6.08 Å². The van der Waals surface area contributed by atoms with Crippen molar-refractivity contribution in [3.63, 3.8) is 0 Å². The quantitative estimate of drug-likeness (QED) is 0.728. The van der Waals surface area contributed by atoms with Crippen LogP contribution in [0.15, 0.2) is 42.5 Å². The number of rotatable bonds is 6. The van der Waals surface area contributed by atoms with Gasteiger partial charge in [-0.2, -0.15) is 0 Å². The van der Waals surface area contributed by atoms with Crippen molar-refractivity contribution >= 4 is 35.0 Å². The molecule has 1 N–H and O–H groups in total. The third-order valence-corrected chi connectivity index (χ3v) is 5.15. The maximum absolute atomic E-state index is 12.6. The summed E-state index contributed by atoms with van der Waals surface area (Å²) in [5.41, 5.74) is 2.44. The molecule has 3 rings (SSSR count). The van der Waals surface area contributed by atoms with E-state index in [1.807, 2.05) is 24.3 Å². The van der Waals surface area contributed by atoms with E-state index in [0.717, 1.165) is 37.4 Å². The van der Waals surface area contributed by atoms with Crippen LogP contribution in [0.1, 0.15) is 5.56 Å². The number of hydrogen-bond donors (Lipinski definition) is 1. The second kappa shape index (κ2) is 9.67. The Labute approximate surface area is 176 Å². The van der Waals surface area contributed by atoms with Gasteiger partial charge in [-0.1, -0.05) is 11.6 Å². The summed E-state index contributed by atoms with van der Waals surface area (Å²) in [4.78, 5) is 17.1. The summed E-state index contributed by atoms with van der Waals surface area (Å²) >= 11 is 6.18. The molecule has 6 nitrogen and oxygen atoms in total. The number of hydrogen-bond acceptors (Lipinski definition) is 5. The molecule has 1 heterocycles. The first-order valence-electron chi connectivity index (χ1n) is 9.44. The fourth-order valence-electron chi connectivity index (χ4n) is 3.24.